The van der Waals surface area contributed by atoms with Gasteiger partial charge < -0.3 is 5.11 Å². The van der Waals surface area contributed by atoms with Crippen LogP contribution in [0.3, 0.4) is 0 Å². The maximum absolute atomic E-state index is 13.7. The Bertz CT molecular complexity index is 578. The molecule has 0 aliphatic carbocycles. The molecule has 0 saturated heterocycles. The van der Waals surface area contributed by atoms with Crippen molar-refractivity contribution in [2.75, 3.05) is 0 Å². The Morgan fingerprint density at radius 3 is 2.37 bits per heavy atom. The quantitative estimate of drug-likeness (QED) is 0.933. The van der Waals surface area contributed by atoms with E-state index in [0.717, 1.165) is 12.1 Å². The highest BCUT2D eigenvalue weighted by Gasteiger charge is 2.26. The molecule has 0 fully saturated rings. The van der Waals surface area contributed by atoms with Crippen molar-refractivity contribution in [2.45, 2.75) is 26.0 Å². The molecule has 0 spiro atoms. The summed E-state index contributed by atoms with van der Waals surface area (Å²) in [5.41, 5.74) is -0.0374. The van der Waals surface area contributed by atoms with Gasteiger partial charge in [0, 0.05) is 6.04 Å². The van der Waals surface area contributed by atoms with Crippen molar-refractivity contribution in [3.63, 3.8) is 0 Å². The van der Waals surface area contributed by atoms with Crippen LogP contribution in [0.15, 0.2) is 28.9 Å². The van der Waals surface area contributed by atoms with Crippen molar-refractivity contribution in [3.8, 4) is 0 Å². The third kappa shape index (κ3) is 2.55. The average Bonchev–Trinajstić information content (AvgIpc) is 2.70. The number of hydrogen-bond donors (Lipinski definition) is 1. The van der Waals surface area contributed by atoms with E-state index >= 15 is 0 Å². The van der Waals surface area contributed by atoms with Crippen LogP contribution in [-0.2, 0) is 0 Å². The number of benzene rings is 1. The number of halogens is 3. The van der Waals surface area contributed by atoms with Gasteiger partial charge in [-0.05, 0) is 41.9 Å². The van der Waals surface area contributed by atoms with E-state index in [0.29, 0.717) is 10.2 Å². The molecule has 1 atom stereocenters. The molecular formula is C13H13BrF2N2O. The van der Waals surface area contributed by atoms with E-state index in [4.69, 9.17) is 0 Å². The highest BCUT2D eigenvalue weighted by Crippen LogP contribution is 2.32. The fraction of sp³-hybridized carbons (Fsp3) is 0.308. The van der Waals surface area contributed by atoms with E-state index in [1.165, 1.54) is 16.9 Å². The monoisotopic (exact) mass is 330 g/mol. The van der Waals surface area contributed by atoms with Gasteiger partial charge >= 0.3 is 0 Å². The van der Waals surface area contributed by atoms with Crippen LogP contribution in [0.25, 0.3) is 0 Å². The largest absolute Gasteiger partial charge is 0.382 e. The van der Waals surface area contributed by atoms with Gasteiger partial charge in [0.25, 0.3) is 0 Å². The minimum atomic E-state index is -1.42. The summed E-state index contributed by atoms with van der Waals surface area (Å²) < 4.78 is 29.5. The first kappa shape index (κ1) is 14.1. The second-order valence-corrected chi connectivity index (χ2v) is 5.31. The lowest BCUT2D eigenvalue weighted by Gasteiger charge is -2.17. The fourth-order valence-electron chi connectivity index (χ4n) is 1.93. The first-order chi connectivity index (χ1) is 8.93. The summed E-state index contributed by atoms with van der Waals surface area (Å²) in [6.45, 7) is 3.74. The molecular weight excluding hydrogens is 318 g/mol. The molecule has 6 heteroatoms. The van der Waals surface area contributed by atoms with Crippen molar-refractivity contribution in [2.24, 2.45) is 0 Å². The highest BCUT2D eigenvalue weighted by molar-refractivity contribution is 9.10. The predicted octanol–water partition coefficient (Wildman–Crippen LogP) is 3.59. The molecule has 102 valence electrons. The SMILES string of the molecule is CC(C)n1ncc(Br)c1C(O)c1c(F)cccc1F. The number of hydrogen-bond acceptors (Lipinski definition) is 2. The summed E-state index contributed by atoms with van der Waals surface area (Å²) >= 11 is 3.24. The first-order valence-electron chi connectivity index (χ1n) is 5.78. The van der Waals surface area contributed by atoms with Crippen LogP contribution >= 0.6 is 15.9 Å². The van der Waals surface area contributed by atoms with Crippen LogP contribution in [-0.4, -0.2) is 14.9 Å². The molecule has 1 aromatic heterocycles. The Morgan fingerprint density at radius 1 is 1.26 bits per heavy atom. The molecule has 0 saturated carbocycles. The zero-order valence-corrected chi connectivity index (χ0v) is 12.0. The number of aliphatic hydroxyl groups excluding tert-OH is 1. The molecule has 0 bridgehead atoms. The third-order valence-corrected chi connectivity index (χ3v) is 3.42. The smallest absolute Gasteiger partial charge is 0.132 e. The number of aliphatic hydroxyl groups is 1. The lowest BCUT2D eigenvalue weighted by Crippen LogP contribution is -2.14. The highest BCUT2D eigenvalue weighted by atomic mass is 79.9. The molecule has 2 aromatic rings. The first-order valence-corrected chi connectivity index (χ1v) is 6.57. The molecule has 2 rings (SSSR count). The normalized spacial score (nSPS) is 13.0. The lowest BCUT2D eigenvalue weighted by molar-refractivity contribution is 0.194. The maximum atomic E-state index is 13.7. The fourth-order valence-corrected chi connectivity index (χ4v) is 2.42. The summed E-state index contributed by atoms with van der Waals surface area (Å²) in [6, 6.07) is 3.46. The maximum Gasteiger partial charge on any atom is 0.132 e. The Kier molecular flexibility index (Phi) is 4.01. The van der Waals surface area contributed by atoms with E-state index in [-0.39, 0.29) is 11.6 Å². The van der Waals surface area contributed by atoms with Crippen LogP contribution in [0.4, 0.5) is 8.78 Å². The van der Waals surface area contributed by atoms with Crippen molar-refractivity contribution < 1.29 is 13.9 Å². The summed E-state index contributed by atoms with van der Waals surface area (Å²) in [6.07, 6.45) is 0.0811. The van der Waals surface area contributed by atoms with Gasteiger partial charge in [-0.15, -0.1) is 0 Å². The summed E-state index contributed by atoms with van der Waals surface area (Å²) in [7, 11) is 0. The molecule has 1 heterocycles. The van der Waals surface area contributed by atoms with Crippen LogP contribution in [0.1, 0.15) is 37.3 Å². The molecule has 0 amide bonds. The third-order valence-electron chi connectivity index (χ3n) is 2.81. The second-order valence-electron chi connectivity index (χ2n) is 4.45. The van der Waals surface area contributed by atoms with Crippen LogP contribution in [0.5, 0.6) is 0 Å². The molecule has 3 nitrogen and oxygen atoms in total. The Balaban J connectivity index is 2.56. The van der Waals surface area contributed by atoms with Crippen LogP contribution in [0, 0.1) is 11.6 Å². The summed E-state index contributed by atoms with van der Waals surface area (Å²) in [5, 5.41) is 14.4. The number of aromatic nitrogens is 2. The van der Waals surface area contributed by atoms with Crippen LogP contribution < -0.4 is 0 Å². The second kappa shape index (κ2) is 5.38. The van der Waals surface area contributed by atoms with Gasteiger partial charge in [0.05, 0.1) is 21.9 Å². The van der Waals surface area contributed by atoms with Crippen molar-refractivity contribution in [1.29, 1.82) is 0 Å². The summed E-state index contributed by atoms with van der Waals surface area (Å²) in [5.74, 6) is -1.56. The Morgan fingerprint density at radius 2 is 1.84 bits per heavy atom. The lowest BCUT2D eigenvalue weighted by atomic mass is 10.0. The zero-order valence-electron chi connectivity index (χ0n) is 10.4. The van der Waals surface area contributed by atoms with Gasteiger partial charge in [-0.25, -0.2) is 8.78 Å². The standard InChI is InChI=1S/C13H13BrF2N2O/c1-7(2)18-12(8(14)6-17-18)13(19)11-9(15)4-3-5-10(11)16/h3-7,13,19H,1-2H3. The molecule has 0 aliphatic heterocycles. The molecule has 1 unspecified atom stereocenters. The Labute approximate surface area is 118 Å². The minimum absolute atomic E-state index is 0.0363. The molecule has 0 aliphatic rings. The van der Waals surface area contributed by atoms with Crippen molar-refractivity contribution in [3.05, 3.63) is 51.8 Å². The minimum Gasteiger partial charge on any atom is -0.382 e. The van der Waals surface area contributed by atoms with Crippen molar-refractivity contribution >= 4 is 15.9 Å². The van der Waals surface area contributed by atoms with E-state index in [2.05, 4.69) is 21.0 Å². The van der Waals surface area contributed by atoms with Gasteiger partial charge in [0.15, 0.2) is 0 Å². The molecule has 1 N–H and O–H groups in total. The molecule has 0 radical (unpaired) electrons. The molecule has 1 aromatic carbocycles. The van der Waals surface area contributed by atoms with E-state index in [1.54, 1.807) is 0 Å². The zero-order chi connectivity index (χ0) is 14.2. The van der Waals surface area contributed by atoms with E-state index in [9.17, 15) is 13.9 Å². The van der Waals surface area contributed by atoms with Gasteiger partial charge in [-0.1, -0.05) is 6.07 Å². The number of nitrogens with zero attached hydrogens (tertiary/aromatic N) is 2. The van der Waals surface area contributed by atoms with Gasteiger partial charge in [-0.3, -0.25) is 4.68 Å². The summed E-state index contributed by atoms with van der Waals surface area (Å²) in [4.78, 5) is 0. The number of rotatable bonds is 3. The average molecular weight is 331 g/mol. The van der Waals surface area contributed by atoms with E-state index < -0.39 is 17.7 Å². The Hall–Kier alpha value is -1.27. The molecule has 19 heavy (non-hydrogen) atoms. The van der Waals surface area contributed by atoms with Crippen LogP contribution in [0.2, 0.25) is 0 Å². The van der Waals surface area contributed by atoms with Gasteiger partial charge in [0.2, 0.25) is 0 Å². The van der Waals surface area contributed by atoms with E-state index in [1.807, 2.05) is 13.8 Å². The topological polar surface area (TPSA) is 38.0 Å². The van der Waals surface area contributed by atoms with Gasteiger partial charge in [-0.2, -0.15) is 5.10 Å². The van der Waals surface area contributed by atoms with Crippen molar-refractivity contribution in [1.82, 2.24) is 9.78 Å². The predicted molar refractivity (Wildman–Crippen MR) is 70.7 cm³/mol. The van der Waals surface area contributed by atoms with Gasteiger partial charge in [0.1, 0.15) is 17.7 Å².